The zero-order valence-electron chi connectivity index (χ0n) is 18.6. The lowest BCUT2D eigenvalue weighted by atomic mass is 9.96. The van der Waals surface area contributed by atoms with Crippen LogP contribution in [0.3, 0.4) is 0 Å². The fourth-order valence-electron chi connectivity index (χ4n) is 4.02. The van der Waals surface area contributed by atoms with E-state index in [4.69, 9.17) is 21.1 Å². The summed E-state index contributed by atoms with van der Waals surface area (Å²) in [6.45, 7) is 1.36. The van der Waals surface area contributed by atoms with Crippen LogP contribution >= 0.6 is 11.6 Å². The summed E-state index contributed by atoms with van der Waals surface area (Å²) in [6, 6.07) is 7.79. The molecule has 0 N–H and O–H groups in total. The molecule has 0 radical (unpaired) electrons. The van der Waals surface area contributed by atoms with Gasteiger partial charge in [0.05, 0.1) is 17.2 Å². The van der Waals surface area contributed by atoms with Crippen molar-refractivity contribution in [2.24, 2.45) is 0 Å². The molecule has 4 nitrogen and oxygen atoms in total. The Labute approximate surface area is 204 Å². The van der Waals surface area contributed by atoms with Crippen molar-refractivity contribution in [1.29, 1.82) is 0 Å². The Morgan fingerprint density at radius 3 is 2.51 bits per heavy atom. The number of ether oxygens (including phenoxy) is 2. The fraction of sp³-hybridized carbons (Fsp3) is 0.231. The molecule has 3 aromatic rings. The molecule has 1 aliphatic carbocycles. The lowest BCUT2D eigenvalue weighted by Crippen LogP contribution is -2.08. The second-order valence-corrected chi connectivity index (χ2v) is 8.29. The van der Waals surface area contributed by atoms with Gasteiger partial charge in [0.15, 0.2) is 17.5 Å². The number of aromatic nitrogens is 1. The second-order valence-electron chi connectivity index (χ2n) is 7.86. The molecule has 0 unspecified atom stereocenters. The van der Waals surface area contributed by atoms with Gasteiger partial charge in [-0.25, -0.2) is 27.3 Å². The SMILES string of the molecule is CCOC(=O)c1cc(C2=C(c3cc(Cl)cnc3OCc3ccc(F)c(F)c3F)CCC2)ccc1F. The first-order valence-electron chi connectivity index (χ1n) is 10.9. The Bertz CT molecular complexity index is 1330. The highest BCUT2D eigenvalue weighted by Crippen LogP contribution is 2.43. The van der Waals surface area contributed by atoms with E-state index in [-0.39, 0.29) is 23.6 Å². The molecular weight excluding hydrogens is 486 g/mol. The van der Waals surface area contributed by atoms with E-state index in [0.29, 0.717) is 29.0 Å². The van der Waals surface area contributed by atoms with Crippen molar-refractivity contribution in [3.8, 4) is 5.88 Å². The molecule has 0 atom stereocenters. The summed E-state index contributed by atoms with van der Waals surface area (Å²) < 4.78 is 65.8. The molecule has 0 saturated heterocycles. The van der Waals surface area contributed by atoms with Gasteiger partial charge in [-0.2, -0.15) is 0 Å². The normalized spacial score (nSPS) is 13.3. The molecule has 4 rings (SSSR count). The summed E-state index contributed by atoms with van der Waals surface area (Å²) in [5.74, 6) is -5.52. The standard InChI is InChI=1S/C26H20ClF4NO3/c1-2-34-26(33)20-10-14(6-8-21(20)28)17-4-3-5-18(17)19-11-16(27)12-32-25(19)35-13-15-7-9-22(29)24(31)23(15)30/h6-12H,2-5,13H2,1H3. The van der Waals surface area contributed by atoms with Crippen LogP contribution in [0.1, 0.15) is 53.2 Å². The van der Waals surface area contributed by atoms with E-state index in [2.05, 4.69) is 4.98 Å². The average Bonchev–Trinajstić information content (AvgIpc) is 3.33. The van der Waals surface area contributed by atoms with Gasteiger partial charge in [0.1, 0.15) is 12.4 Å². The number of carbonyl (C=O) groups is 1. The summed E-state index contributed by atoms with van der Waals surface area (Å²) in [5.41, 5.74) is 2.50. The molecule has 0 spiro atoms. The summed E-state index contributed by atoms with van der Waals surface area (Å²) in [4.78, 5) is 16.4. The number of pyridine rings is 1. The van der Waals surface area contributed by atoms with Crippen molar-refractivity contribution in [1.82, 2.24) is 4.98 Å². The molecule has 1 heterocycles. The number of hydrogen-bond donors (Lipinski definition) is 0. The van der Waals surface area contributed by atoms with E-state index in [1.54, 1.807) is 19.1 Å². The first kappa shape index (κ1) is 24.7. The van der Waals surface area contributed by atoms with Gasteiger partial charge in [-0.3, -0.25) is 0 Å². The summed E-state index contributed by atoms with van der Waals surface area (Å²) in [7, 11) is 0. The van der Waals surface area contributed by atoms with E-state index in [0.717, 1.165) is 29.7 Å². The fourth-order valence-corrected chi connectivity index (χ4v) is 4.18. The van der Waals surface area contributed by atoms with E-state index in [1.165, 1.54) is 18.3 Å². The summed E-state index contributed by atoms with van der Waals surface area (Å²) in [6.07, 6.45) is 3.40. The minimum absolute atomic E-state index is 0.115. The highest BCUT2D eigenvalue weighted by molar-refractivity contribution is 6.30. The zero-order chi connectivity index (χ0) is 25.1. The van der Waals surface area contributed by atoms with Crippen LogP contribution in [0.15, 0.2) is 42.6 Å². The van der Waals surface area contributed by atoms with Crippen LogP contribution in [0, 0.1) is 23.3 Å². The van der Waals surface area contributed by atoms with Crippen LogP contribution in [0.25, 0.3) is 11.1 Å². The zero-order valence-corrected chi connectivity index (χ0v) is 19.4. The Morgan fingerprint density at radius 2 is 1.74 bits per heavy atom. The van der Waals surface area contributed by atoms with Gasteiger partial charge in [0, 0.05) is 17.3 Å². The lowest BCUT2D eigenvalue weighted by molar-refractivity contribution is 0.0521. The van der Waals surface area contributed by atoms with Gasteiger partial charge in [-0.05, 0) is 73.2 Å². The third kappa shape index (κ3) is 5.17. The maximum atomic E-state index is 14.3. The predicted octanol–water partition coefficient (Wildman–Crippen LogP) is 7.14. The van der Waals surface area contributed by atoms with Crippen molar-refractivity contribution in [3.63, 3.8) is 0 Å². The average molecular weight is 506 g/mol. The second kappa shape index (κ2) is 10.5. The number of hydrogen-bond acceptors (Lipinski definition) is 4. The number of benzene rings is 2. The predicted molar refractivity (Wildman–Crippen MR) is 123 cm³/mol. The molecule has 0 amide bonds. The number of halogens is 5. The van der Waals surface area contributed by atoms with Crippen LogP contribution in [0.5, 0.6) is 5.88 Å². The van der Waals surface area contributed by atoms with E-state index < -0.39 is 35.8 Å². The van der Waals surface area contributed by atoms with E-state index >= 15 is 0 Å². The molecule has 0 saturated carbocycles. The van der Waals surface area contributed by atoms with Crippen LogP contribution in [0.4, 0.5) is 17.6 Å². The first-order valence-corrected chi connectivity index (χ1v) is 11.3. The van der Waals surface area contributed by atoms with Gasteiger partial charge in [-0.15, -0.1) is 0 Å². The highest BCUT2D eigenvalue weighted by Gasteiger charge is 2.24. The Morgan fingerprint density at radius 1 is 1.00 bits per heavy atom. The molecular formula is C26H20ClF4NO3. The van der Waals surface area contributed by atoms with Gasteiger partial charge in [0.2, 0.25) is 5.88 Å². The van der Waals surface area contributed by atoms with Crippen molar-refractivity contribution in [2.45, 2.75) is 32.8 Å². The Hall–Kier alpha value is -3.39. The molecule has 1 aliphatic rings. The van der Waals surface area contributed by atoms with Crippen LogP contribution < -0.4 is 4.74 Å². The van der Waals surface area contributed by atoms with Crippen LogP contribution in [-0.2, 0) is 11.3 Å². The van der Waals surface area contributed by atoms with Crippen molar-refractivity contribution < 1.29 is 31.8 Å². The Kier molecular flexibility index (Phi) is 7.40. The molecule has 182 valence electrons. The largest absolute Gasteiger partial charge is 0.472 e. The number of rotatable bonds is 7. The molecule has 0 aliphatic heterocycles. The van der Waals surface area contributed by atoms with Gasteiger partial charge in [0.25, 0.3) is 0 Å². The van der Waals surface area contributed by atoms with Crippen molar-refractivity contribution in [3.05, 3.63) is 93.1 Å². The molecule has 35 heavy (non-hydrogen) atoms. The molecule has 2 aromatic carbocycles. The first-order chi connectivity index (χ1) is 16.8. The third-order valence-corrected chi connectivity index (χ3v) is 5.86. The minimum atomic E-state index is -1.58. The molecule has 0 fully saturated rings. The minimum Gasteiger partial charge on any atom is -0.472 e. The lowest BCUT2D eigenvalue weighted by Gasteiger charge is -2.15. The topological polar surface area (TPSA) is 48.4 Å². The number of esters is 1. The van der Waals surface area contributed by atoms with Crippen molar-refractivity contribution >= 4 is 28.7 Å². The van der Waals surface area contributed by atoms with E-state index in [1.807, 2.05) is 0 Å². The Balaban J connectivity index is 1.72. The van der Waals surface area contributed by atoms with Gasteiger partial charge < -0.3 is 9.47 Å². The van der Waals surface area contributed by atoms with Gasteiger partial charge >= 0.3 is 5.97 Å². The highest BCUT2D eigenvalue weighted by atomic mass is 35.5. The maximum Gasteiger partial charge on any atom is 0.341 e. The van der Waals surface area contributed by atoms with Gasteiger partial charge in [-0.1, -0.05) is 17.7 Å². The quantitative estimate of drug-likeness (QED) is 0.194. The van der Waals surface area contributed by atoms with Crippen LogP contribution in [0.2, 0.25) is 5.02 Å². The monoisotopic (exact) mass is 505 g/mol. The summed E-state index contributed by atoms with van der Waals surface area (Å²) >= 11 is 6.19. The third-order valence-electron chi connectivity index (χ3n) is 5.65. The summed E-state index contributed by atoms with van der Waals surface area (Å²) in [5, 5.41) is 0.330. The van der Waals surface area contributed by atoms with Crippen LogP contribution in [-0.4, -0.2) is 17.6 Å². The van der Waals surface area contributed by atoms with E-state index in [9.17, 15) is 22.4 Å². The number of allylic oxidation sites excluding steroid dienone is 2. The molecule has 9 heteroatoms. The maximum absolute atomic E-state index is 14.3. The van der Waals surface area contributed by atoms with Crippen molar-refractivity contribution in [2.75, 3.05) is 6.61 Å². The molecule has 0 bridgehead atoms. The number of carbonyl (C=O) groups excluding carboxylic acids is 1. The smallest absolute Gasteiger partial charge is 0.341 e. The molecule has 1 aromatic heterocycles. The number of nitrogens with zero attached hydrogens (tertiary/aromatic N) is 1.